The Morgan fingerprint density at radius 3 is 2.63 bits per heavy atom. The zero-order valence-corrected chi connectivity index (χ0v) is 17.2. The van der Waals surface area contributed by atoms with Crippen molar-refractivity contribution in [1.29, 1.82) is 0 Å². The van der Waals surface area contributed by atoms with Gasteiger partial charge in [0.1, 0.15) is 5.75 Å². The minimum absolute atomic E-state index is 0.152. The molecule has 0 radical (unpaired) electrons. The average Bonchev–Trinajstić information content (AvgIpc) is 2.78. The van der Waals surface area contributed by atoms with Gasteiger partial charge in [0.05, 0.1) is 23.5 Å². The molecule has 0 fully saturated rings. The number of carbonyl (C=O) groups is 2. The number of esters is 1. The van der Waals surface area contributed by atoms with E-state index in [-0.39, 0.29) is 18.6 Å². The maximum Gasteiger partial charge on any atom is 0.573 e. The third kappa shape index (κ3) is 5.40. The van der Waals surface area contributed by atoms with Gasteiger partial charge >= 0.3 is 12.3 Å². The molecule has 0 bridgehead atoms. The SMILES string of the molecule is CCOC(=O)C[C@@H]1S[C@@H](c2ccccc2OC(F)(F)F)c2cc(Cl)ccc2NC1=O. The Labute approximate surface area is 179 Å². The van der Waals surface area contributed by atoms with Crippen molar-refractivity contribution in [2.24, 2.45) is 0 Å². The lowest BCUT2D eigenvalue weighted by Crippen LogP contribution is -2.27. The zero-order chi connectivity index (χ0) is 21.9. The second kappa shape index (κ2) is 9.18. The molecule has 10 heteroatoms. The van der Waals surface area contributed by atoms with Crippen molar-refractivity contribution < 1.29 is 32.2 Å². The number of anilines is 1. The molecule has 1 N–H and O–H groups in total. The van der Waals surface area contributed by atoms with Crippen LogP contribution in [0.2, 0.25) is 5.02 Å². The Balaban J connectivity index is 2.07. The van der Waals surface area contributed by atoms with Crippen LogP contribution in [0.25, 0.3) is 0 Å². The molecule has 2 aromatic carbocycles. The van der Waals surface area contributed by atoms with Crippen LogP contribution >= 0.6 is 23.4 Å². The summed E-state index contributed by atoms with van der Waals surface area (Å²) in [5, 5.41) is 1.44. The van der Waals surface area contributed by atoms with Gasteiger partial charge in [0.15, 0.2) is 0 Å². The molecule has 3 rings (SSSR count). The third-order valence-electron chi connectivity index (χ3n) is 4.23. The highest BCUT2D eigenvalue weighted by Crippen LogP contribution is 2.48. The van der Waals surface area contributed by atoms with E-state index in [1.54, 1.807) is 31.2 Å². The number of para-hydroxylation sites is 1. The summed E-state index contributed by atoms with van der Waals surface area (Å²) < 4.78 is 48.0. The number of thioether (sulfide) groups is 1. The smallest absolute Gasteiger partial charge is 0.466 e. The Morgan fingerprint density at radius 2 is 1.93 bits per heavy atom. The molecule has 0 unspecified atom stereocenters. The van der Waals surface area contributed by atoms with Gasteiger partial charge < -0.3 is 14.8 Å². The number of hydrogen-bond acceptors (Lipinski definition) is 5. The van der Waals surface area contributed by atoms with Crippen LogP contribution in [0.4, 0.5) is 18.9 Å². The third-order valence-corrected chi connectivity index (χ3v) is 5.96. The van der Waals surface area contributed by atoms with E-state index in [1.807, 2.05) is 0 Å². The average molecular weight is 460 g/mol. The second-order valence-electron chi connectivity index (χ2n) is 6.32. The van der Waals surface area contributed by atoms with Crippen molar-refractivity contribution >= 4 is 40.9 Å². The van der Waals surface area contributed by atoms with Gasteiger partial charge in [0.25, 0.3) is 0 Å². The number of nitrogens with one attached hydrogen (secondary N) is 1. The minimum Gasteiger partial charge on any atom is -0.466 e. The van der Waals surface area contributed by atoms with Crippen molar-refractivity contribution in [1.82, 2.24) is 0 Å². The van der Waals surface area contributed by atoms with Crippen LogP contribution in [0.3, 0.4) is 0 Å². The van der Waals surface area contributed by atoms with E-state index < -0.39 is 34.5 Å². The summed E-state index contributed by atoms with van der Waals surface area (Å²) in [4.78, 5) is 24.7. The van der Waals surface area contributed by atoms with Gasteiger partial charge in [-0.05, 0) is 36.8 Å². The van der Waals surface area contributed by atoms with Gasteiger partial charge in [0, 0.05) is 16.3 Å². The van der Waals surface area contributed by atoms with Gasteiger partial charge in [-0.3, -0.25) is 9.59 Å². The summed E-state index contributed by atoms with van der Waals surface area (Å²) >= 11 is 7.16. The summed E-state index contributed by atoms with van der Waals surface area (Å²) in [5.41, 5.74) is 1.11. The first kappa shape index (κ1) is 22.3. The van der Waals surface area contributed by atoms with Crippen LogP contribution in [0.1, 0.15) is 29.7 Å². The molecule has 1 heterocycles. The molecule has 0 saturated carbocycles. The van der Waals surface area contributed by atoms with Gasteiger partial charge in [-0.1, -0.05) is 29.8 Å². The fraction of sp³-hybridized carbons (Fsp3) is 0.300. The lowest BCUT2D eigenvalue weighted by molar-refractivity contribution is -0.274. The molecule has 160 valence electrons. The number of amides is 1. The standard InChI is InChI=1S/C20H17ClF3NO4S/c1-2-28-17(26)10-16-19(27)25-14-8-7-11(21)9-13(14)18(30-16)12-5-3-4-6-15(12)29-20(22,23)24/h3-9,16,18H,2,10H2,1H3,(H,25,27)/t16-,18-/m0/s1. The van der Waals surface area contributed by atoms with Gasteiger partial charge in [-0.2, -0.15) is 0 Å². The number of fused-ring (bicyclic) bond motifs is 1. The molecule has 1 amide bonds. The van der Waals surface area contributed by atoms with E-state index in [0.29, 0.717) is 16.3 Å². The molecule has 5 nitrogen and oxygen atoms in total. The molecule has 2 atom stereocenters. The van der Waals surface area contributed by atoms with E-state index in [4.69, 9.17) is 16.3 Å². The fourth-order valence-corrected chi connectivity index (χ4v) is 4.65. The fourth-order valence-electron chi connectivity index (χ4n) is 3.04. The predicted octanol–water partition coefficient (Wildman–Crippen LogP) is 5.34. The molecular formula is C20H17ClF3NO4S. The lowest BCUT2D eigenvalue weighted by atomic mass is 10.0. The molecule has 1 aliphatic heterocycles. The zero-order valence-electron chi connectivity index (χ0n) is 15.7. The Hall–Kier alpha value is -2.39. The largest absolute Gasteiger partial charge is 0.573 e. The molecule has 2 aromatic rings. The van der Waals surface area contributed by atoms with Crippen molar-refractivity contribution in [3.05, 3.63) is 58.6 Å². The molecular weight excluding hydrogens is 443 g/mol. The highest BCUT2D eigenvalue weighted by atomic mass is 35.5. The molecule has 0 aromatic heterocycles. The Morgan fingerprint density at radius 1 is 1.20 bits per heavy atom. The highest BCUT2D eigenvalue weighted by Gasteiger charge is 2.37. The van der Waals surface area contributed by atoms with Crippen LogP contribution < -0.4 is 10.1 Å². The minimum atomic E-state index is -4.89. The molecule has 0 saturated heterocycles. The van der Waals surface area contributed by atoms with Crippen LogP contribution in [-0.2, 0) is 14.3 Å². The molecule has 0 aliphatic carbocycles. The van der Waals surface area contributed by atoms with E-state index >= 15 is 0 Å². The number of ether oxygens (including phenoxy) is 2. The molecule has 30 heavy (non-hydrogen) atoms. The monoisotopic (exact) mass is 459 g/mol. The van der Waals surface area contributed by atoms with E-state index in [2.05, 4.69) is 10.1 Å². The number of rotatable bonds is 5. The van der Waals surface area contributed by atoms with Crippen molar-refractivity contribution in [3.8, 4) is 5.75 Å². The Kier molecular flexibility index (Phi) is 6.82. The summed E-state index contributed by atoms with van der Waals surface area (Å²) in [6.45, 7) is 1.79. The van der Waals surface area contributed by atoms with Crippen LogP contribution in [0.15, 0.2) is 42.5 Å². The van der Waals surface area contributed by atoms with Gasteiger partial charge in [0.2, 0.25) is 5.91 Å². The maximum atomic E-state index is 12.9. The quantitative estimate of drug-likeness (QED) is 0.612. The normalized spacial score (nSPS) is 18.8. The molecule has 0 spiro atoms. The highest BCUT2D eigenvalue weighted by molar-refractivity contribution is 8.01. The van der Waals surface area contributed by atoms with Crippen molar-refractivity contribution in [2.45, 2.75) is 30.2 Å². The van der Waals surface area contributed by atoms with Crippen molar-refractivity contribution in [2.75, 3.05) is 11.9 Å². The summed E-state index contributed by atoms with van der Waals surface area (Å²) in [6, 6.07) is 10.4. The summed E-state index contributed by atoms with van der Waals surface area (Å²) in [6.07, 6.45) is -5.12. The number of hydrogen-bond donors (Lipinski definition) is 1. The topological polar surface area (TPSA) is 64.6 Å². The van der Waals surface area contributed by atoms with Crippen molar-refractivity contribution in [3.63, 3.8) is 0 Å². The first-order valence-corrected chi connectivity index (χ1v) is 10.3. The second-order valence-corrected chi connectivity index (χ2v) is 8.07. The summed E-state index contributed by atoms with van der Waals surface area (Å²) in [5.74, 6) is -1.42. The van der Waals surface area contributed by atoms with Gasteiger partial charge in [-0.15, -0.1) is 24.9 Å². The van der Waals surface area contributed by atoms with Crippen LogP contribution in [0, 0.1) is 0 Å². The van der Waals surface area contributed by atoms with Crippen LogP contribution in [-0.4, -0.2) is 30.1 Å². The van der Waals surface area contributed by atoms with E-state index in [1.165, 1.54) is 18.2 Å². The van der Waals surface area contributed by atoms with E-state index in [9.17, 15) is 22.8 Å². The number of carbonyl (C=O) groups excluding carboxylic acids is 2. The lowest BCUT2D eigenvalue weighted by Gasteiger charge is -2.23. The number of halogens is 4. The van der Waals surface area contributed by atoms with Gasteiger partial charge in [-0.25, -0.2) is 0 Å². The summed E-state index contributed by atoms with van der Waals surface area (Å²) in [7, 11) is 0. The number of benzene rings is 2. The maximum absolute atomic E-state index is 12.9. The first-order chi connectivity index (χ1) is 14.2. The van der Waals surface area contributed by atoms with Crippen LogP contribution in [0.5, 0.6) is 5.75 Å². The first-order valence-electron chi connectivity index (χ1n) is 8.94. The predicted molar refractivity (Wildman–Crippen MR) is 108 cm³/mol. The number of alkyl halides is 3. The Bertz CT molecular complexity index is 954. The van der Waals surface area contributed by atoms with E-state index in [0.717, 1.165) is 11.8 Å². The molecule has 1 aliphatic rings.